The Kier molecular flexibility index (Phi) is 2.85. The Morgan fingerprint density at radius 1 is 1.44 bits per heavy atom. The Balaban J connectivity index is 2.43. The van der Waals surface area contributed by atoms with Crippen LogP contribution in [0.25, 0.3) is 11.5 Å². The van der Waals surface area contributed by atoms with Crippen molar-refractivity contribution in [1.82, 2.24) is 10.1 Å². The van der Waals surface area contributed by atoms with Crippen LogP contribution in [0.4, 0.5) is 10.2 Å². The highest BCUT2D eigenvalue weighted by Gasteiger charge is 2.15. The monoisotopic (exact) mass is 221 g/mol. The van der Waals surface area contributed by atoms with Crippen LogP contribution in [0.15, 0.2) is 22.9 Å². The van der Waals surface area contributed by atoms with Gasteiger partial charge in [-0.1, -0.05) is 18.5 Å². The number of nitrogens with zero attached hydrogens (tertiary/aromatic N) is 2. The zero-order valence-corrected chi connectivity index (χ0v) is 8.90. The van der Waals surface area contributed by atoms with E-state index in [0.29, 0.717) is 17.3 Å². The fourth-order valence-corrected chi connectivity index (χ4v) is 1.52. The third kappa shape index (κ3) is 1.88. The van der Waals surface area contributed by atoms with E-state index in [9.17, 15) is 4.39 Å². The van der Waals surface area contributed by atoms with Gasteiger partial charge in [0, 0.05) is 5.56 Å². The van der Waals surface area contributed by atoms with Gasteiger partial charge in [-0.2, -0.15) is 0 Å². The molecule has 16 heavy (non-hydrogen) atoms. The molecule has 2 aromatic heterocycles. The van der Waals surface area contributed by atoms with E-state index in [1.807, 2.05) is 6.92 Å². The molecule has 2 rings (SSSR count). The van der Waals surface area contributed by atoms with Crippen molar-refractivity contribution >= 4 is 5.82 Å². The number of aromatic nitrogens is 2. The lowest BCUT2D eigenvalue weighted by atomic mass is 10.1. The fraction of sp³-hybridized carbons (Fsp3) is 0.273. The van der Waals surface area contributed by atoms with Crippen LogP contribution in [0.1, 0.15) is 18.9 Å². The van der Waals surface area contributed by atoms with Gasteiger partial charge in [-0.15, -0.1) is 0 Å². The third-order valence-corrected chi connectivity index (χ3v) is 2.28. The number of rotatable bonds is 3. The van der Waals surface area contributed by atoms with Gasteiger partial charge in [0.2, 0.25) is 0 Å². The fourth-order valence-electron chi connectivity index (χ4n) is 1.52. The van der Waals surface area contributed by atoms with Crippen molar-refractivity contribution < 1.29 is 8.91 Å². The van der Waals surface area contributed by atoms with Crippen LogP contribution in [0.3, 0.4) is 0 Å². The molecule has 0 radical (unpaired) electrons. The molecule has 2 heterocycles. The Bertz CT molecular complexity index is 478. The summed E-state index contributed by atoms with van der Waals surface area (Å²) in [6.07, 6.45) is 2.84. The van der Waals surface area contributed by atoms with Crippen molar-refractivity contribution in [1.29, 1.82) is 0 Å². The van der Waals surface area contributed by atoms with Crippen molar-refractivity contribution in [3.63, 3.8) is 0 Å². The minimum absolute atomic E-state index is 0.378. The van der Waals surface area contributed by atoms with Crippen LogP contribution in [0.2, 0.25) is 0 Å². The van der Waals surface area contributed by atoms with Gasteiger partial charge in [-0.25, -0.2) is 9.37 Å². The van der Waals surface area contributed by atoms with Crippen LogP contribution in [0.5, 0.6) is 0 Å². The minimum Gasteiger partial charge on any atom is -0.381 e. The van der Waals surface area contributed by atoms with E-state index < -0.39 is 0 Å². The molecule has 5 heteroatoms. The molecule has 0 aliphatic rings. The van der Waals surface area contributed by atoms with E-state index in [1.165, 1.54) is 6.07 Å². The molecule has 0 unspecified atom stereocenters. The lowest BCUT2D eigenvalue weighted by Gasteiger charge is -1.99. The molecule has 2 N–H and O–H groups in total. The van der Waals surface area contributed by atoms with E-state index >= 15 is 0 Å². The lowest BCUT2D eigenvalue weighted by molar-refractivity contribution is 0.433. The highest BCUT2D eigenvalue weighted by Crippen LogP contribution is 2.27. The van der Waals surface area contributed by atoms with Crippen LogP contribution in [-0.2, 0) is 6.42 Å². The van der Waals surface area contributed by atoms with Crippen molar-refractivity contribution in [2.75, 3.05) is 5.73 Å². The molecule has 4 nitrogen and oxygen atoms in total. The summed E-state index contributed by atoms with van der Waals surface area (Å²) in [5.74, 6) is 0.524. The van der Waals surface area contributed by atoms with Crippen LogP contribution in [-0.4, -0.2) is 10.1 Å². The molecule has 0 fully saturated rings. The SMILES string of the molecule is CCCc1c(N)noc1-c1ccc(F)cn1. The first kappa shape index (κ1) is 10.6. The average Bonchev–Trinajstić information content (AvgIpc) is 2.63. The number of hydrogen-bond acceptors (Lipinski definition) is 4. The summed E-state index contributed by atoms with van der Waals surface area (Å²) in [5.41, 5.74) is 7.07. The smallest absolute Gasteiger partial charge is 0.190 e. The maximum absolute atomic E-state index is 12.7. The highest BCUT2D eigenvalue weighted by molar-refractivity contribution is 5.62. The Hall–Kier alpha value is -1.91. The quantitative estimate of drug-likeness (QED) is 0.864. The first-order chi connectivity index (χ1) is 7.72. The first-order valence-corrected chi connectivity index (χ1v) is 5.08. The predicted molar refractivity (Wildman–Crippen MR) is 58.1 cm³/mol. The Morgan fingerprint density at radius 2 is 2.25 bits per heavy atom. The molecule has 0 atom stereocenters. The van der Waals surface area contributed by atoms with Gasteiger partial charge in [0.05, 0.1) is 6.20 Å². The standard InChI is InChI=1S/C11H12FN3O/c1-2-3-8-10(16-15-11(8)13)9-5-4-7(12)6-14-9/h4-6H,2-3H2,1H3,(H2,13,15). The van der Waals surface area contributed by atoms with Crippen molar-refractivity contribution in [3.05, 3.63) is 29.7 Å². The summed E-state index contributed by atoms with van der Waals surface area (Å²) >= 11 is 0. The average molecular weight is 221 g/mol. The number of nitrogens with two attached hydrogens (primary N) is 1. The zero-order chi connectivity index (χ0) is 11.5. The van der Waals surface area contributed by atoms with Crippen molar-refractivity contribution in [3.8, 4) is 11.5 Å². The summed E-state index contributed by atoms with van der Waals surface area (Å²) in [4.78, 5) is 3.94. The Morgan fingerprint density at radius 3 is 2.88 bits per heavy atom. The molecule has 84 valence electrons. The normalized spacial score (nSPS) is 10.6. The number of halogens is 1. The van der Waals surface area contributed by atoms with Gasteiger partial charge < -0.3 is 10.3 Å². The van der Waals surface area contributed by atoms with Gasteiger partial charge in [0.15, 0.2) is 11.6 Å². The van der Waals surface area contributed by atoms with E-state index in [2.05, 4.69) is 10.1 Å². The molecule has 0 saturated carbocycles. The maximum atomic E-state index is 12.7. The maximum Gasteiger partial charge on any atom is 0.190 e. The number of nitrogen functional groups attached to an aromatic ring is 1. The van der Waals surface area contributed by atoms with Crippen LogP contribution >= 0.6 is 0 Å². The topological polar surface area (TPSA) is 64.9 Å². The molecule has 0 bridgehead atoms. The molecule has 0 aromatic carbocycles. The summed E-state index contributed by atoms with van der Waals surface area (Å²) in [5, 5.41) is 3.70. The number of pyridine rings is 1. The zero-order valence-electron chi connectivity index (χ0n) is 8.90. The number of hydrogen-bond donors (Lipinski definition) is 1. The second-order valence-corrected chi connectivity index (χ2v) is 3.49. The molecular formula is C11H12FN3O. The molecule has 2 aromatic rings. The summed E-state index contributed by atoms with van der Waals surface area (Å²) < 4.78 is 17.8. The number of anilines is 1. The largest absolute Gasteiger partial charge is 0.381 e. The van der Waals surface area contributed by atoms with Crippen molar-refractivity contribution in [2.45, 2.75) is 19.8 Å². The lowest BCUT2D eigenvalue weighted by Crippen LogP contribution is -1.93. The van der Waals surface area contributed by atoms with E-state index in [1.54, 1.807) is 6.07 Å². The third-order valence-electron chi connectivity index (χ3n) is 2.28. The van der Waals surface area contributed by atoms with Crippen molar-refractivity contribution in [2.24, 2.45) is 0 Å². The van der Waals surface area contributed by atoms with E-state index in [4.69, 9.17) is 10.3 Å². The summed E-state index contributed by atoms with van der Waals surface area (Å²) in [6, 6.07) is 2.88. The molecule has 0 saturated heterocycles. The highest BCUT2D eigenvalue weighted by atomic mass is 19.1. The van der Waals surface area contributed by atoms with Gasteiger partial charge in [-0.3, -0.25) is 0 Å². The second kappa shape index (κ2) is 4.30. The van der Waals surface area contributed by atoms with Gasteiger partial charge >= 0.3 is 0 Å². The molecule has 0 spiro atoms. The molecule has 0 amide bonds. The van der Waals surface area contributed by atoms with Crippen LogP contribution < -0.4 is 5.73 Å². The van der Waals surface area contributed by atoms with Gasteiger partial charge in [0.1, 0.15) is 11.5 Å². The molecule has 0 aliphatic carbocycles. The first-order valence-electron chi connectivity index (χ1n) is 5.08. The van der Waals surface area contributed by atoms with E-state index in [-0.39, 0.29) is 5.82 Å². The predicted octanol–water partition coefficient (Wildman–Crippen LogP) is 2.41. The van der Waals surface area contributed by atoms with Gasteiger partial charge in [0.25, 0.3) is 0 Å². The minimum atomic E-state index is -0.381. The Labute approximate surface area is 92.3 Å². The van der Waals surface area contributed by atoms with Crippen LogP contribution in [0, 0.1) is 5.82 Å². The van der Waals surface area contributed by atoms with E-state index in [0.717, 1.165) is 24.6 Å². The summed E-state index contributed by atoms with van der Waals surface area (Å²) in [7, 11) is 0. The van der Waals surface area contributed by atoms with Gasteiger partial charge in [-0.05, 0) is 18.6 Å². The molecule has 0 aliphatic heterocycles. The summed E-state index contributed by atoms with van der Waals surface area (Å²) in [6.45, 7) is 2.04. The second-order valence-electron chi connectivity index (χ2n) is 3.49. The molecular weight excluding hydrogens is 209 g/mol.